The number of nitrogens with two attached hydrogens (primary N) is 1. The van der Waals surface area contributed by atoms with E-state index in [0.29, 0.717) is 4.90 Å². The average molecular weight is 297 g/mol. The maximum absolute atomic E-state index is 11.4. The Morgan fingerprint density at radius 3 is 2.20 bits per heavy atom. The molecular formula is C14H23N3O2S. The molecule has 1 saturated heterocycles. The number of benzene rings is 1. The molecular weight excluding hydrogens is 274 g/mol. The summed E-state index contributed by atoms with van der Waals surface area (Å²) >= 11 is 0. The van der Waals surface area contributed by atoms with E-state index in [2.05, 4.69) is 9.80 Å². The van der Waals surface area contributed by atoms with Crippen molar-refractivity contribution in [2.24, 2.45) is 5.73 Å². The molecule has 1 fully saturated rings. The summed E-state index contributed by atoms with van der Waals surface area (Å²) in [6, 6.07) is 7.16. The topological polar surface area (TPSA) is 66.6 Å². The predicted octanol–water partition coefficient (Wildman–Crippen LogP) is 0.561. The van der Waals surface area contributed by atoms with Crippen LogP contribution in [0, 0.1) is 0 Å². The minimum atomic E-state index is -3.11. The molecule has 1 aromatic carbocycles. The summed E-state index contributed by atoms with van der Waals surface area (Å²) in [5.41, 5.74) is 6.62. The van der Waals surface area contributed by atoms with Gasteiger partial charge in [0, 0.05) is 38.1 Å². The zero-order valence-corrected chi connectivity index (χ0v) is 12.8. The number of piperazine rings is 1. The first-order chi connectivity index (χ1) is 9.50. The van der Waals surface area contributed by atoms with Gasteiger partial charge in [-0.2, -0.15) is 0 Å². The molecule has 0 spiro atoms. The van der Waals surface area contributed by atoms with Crippen LogP contribution in [-0.4, -0.2) is 58.8 Å². The summed E-state index contributed by atoms with van der Waals surface area (Å²) in [5, 5.41) is 0. The van der Waals surface area contributed by atoms with Gasteiger partial charge in [-0.3, -0.25) is 4.90 Å². The second kappa shape index (κ2) is 6.56. The molecule has 2 N–H and O–H groups in total. The Morgan fingerprint density at radius 2 is 1.70 bits per heavy atom. The molecule has 5 nitrogen and oxygen atoms in total. The highest BCUT2D eigenvalue weighted by Crippen LogP contribution is 2.19. The Bertz CT molecular complexity index is 520. The fourth-order valence-corrected chi connectivity index (χ4v) is 3.08. The summed E-state index contributed by atoms with van der Waals surface area (Å²) in [6.45, 7) is 5.83. The number of anilines is 1. The van der Waals surface area contributed by atoms with Crippen LogP contribution in [0.25, 0.3) is 0 Å². The number of rotatable bonds is 5. The van der Waals surface area contributed by atoms with Gasteiger partial charge in [-0.05, 0) is 43.8 Å². The van der Waals surface area contributed by atoms with E-state index in [-0.39, 0.29) is 0 Å². The maximum atomic E-state index is 11.4. The van der Waals surface area contributed by atoms with Crippen LogP contribution >= 0.6 is 0 Å². The van der Waals surface area contributed by atoms with Crippen molar-refractivity contribution in [1.29, 1.82) is 0 Å². The summed E-state index contributed by atoms with van der Waals surface area (Å²) in [7, 11) is -3.11. The molecule has 2 rings (SSSR count). The van der Waals surface area contributed by atoms with Gasteiger partial charge in [0.1, 0.15) is 0 Å². The van der Waals surface area contributed by atoms with E-state index in [4.69, 9.17) is 5.73 Å². The van der Waals surface area contributed by atoms with E-state index in [0.717, 1.165) is 51.4 Å². The molecule has 0 aliphatic carbocycles. The van der Waals surface area contributed by atoms with Crippen LogP contribution in [0.4, 0.5) is 5.69 Å². The first-order valence-electron chi connectivity index (χ1n) is 6.98. The van der Waals surface area contributed by atoms with Crippen molar-refractivity contribution in [1.82, 2.24) is 4.90 Å². The summed E-state index contributed by atoms with van der Waals surface area (Å²) in [4.78, 5) is 5.10. The highest BCUT2D eigenvalue weighted by Gasteiger charge is 2.17. The molecule has 0 atom stereocenters. The normalized spacial score (nSPS) is 17.4. The second-order valence-electron chi connectivity index (χ2n) is 5.24. The number of nitrogens with zero attached hydrogens (tertiary/aromatic N) is 2. The third kappa shape index (κ3) is 3.94. The Labute approximate surface area is 121 Å². The van der Waals surface area contributed by atoms with E-state index < -0.39 is 9.84 Å². The lowest BCUT2D eigenvalue weighted by atomic mass is 10.2. The fourth-order valence-electron chi connectivity index (χ4n) is 2.45. The summed E-state index contributed by atoms with van der Waals surface area (Å²) < 4.78 is 22.9. The van der Waals surface area contributed by atoms with Gasteiger partial charge in [0.2, 0.25) is 0 Å². The van der Waals surface area contributed by atoms with Gasteiger partial charge in [-0.15, -0.1) is 0 Å². The molecule has 1 aliphatic rings. The maximum Gasteiger partial charge on any atom is 0.175 e. The molecule has 0 aromatic heterocycles. The average Bonchev–Trinajstić information content (AvgIpc) is 2.45. The van der Waals surface area contributed by atoms with Crippen LogP contribution in [0.5, 0.6) is 0 Å². The largest absolute Gasteiger partial charge is 0.369 e. The minimum absolute atomic E-state index is 0.378. The van der Waals surface area contributed by atoms with Crippen molar-refractivity contribution < 1.29 is 8.42 Å². The zero-order chi connectivity index (χ0) is 14.6. The van der Waals surface area contributed by atoms with E-state index in [1.807, 2.05) is 12.1 Å². The monoisotopic (exact) mass is 297 g/mol. The van der Waals surface area contributed by atoms with E-state index in [1.54, 1.807) is 12.1 Å². The van der Waals surface area contributed by atoms with Crippen LogP contribution in [0.3, 0.4) is 0 Å². The van der Waals surface area contributed by atoms with Crippen LogP contribution in [0.1, 0.15) is 6.42 Å². The Kier molecular flexibility index (Phi) is 5.01. The lowest BCUT2D eigenvalue weighted by Gasteiger charge is -2.36. The standard InChI is InChI=1S/C14H23N3O2S/c1-20(18,19)14-5-3-13(4-6-14)17-11-9-16(10-12-17)8-2-7-15/h3-6H,2,7-12,15H2,1H3. The van der Waals surface area contributed by atoms with Crippen LogP contribution < -0.4 is 10.6 Å². The van der Waals surface area contributed by atoms with Gasteiger partial charge in [0.25, 0.3) is 0 Å². The SMILES string of the molecule is CS(=O)(=O)c1ccc(N2CCN(CCCN)CC2)cc1. The van der Waals surface area contributed by atoms with Crippen molar-refractivity contribution in [3.05, 3.63) is 24.3 Å². The van der Waals surface area contributed by atoms with Gasteiger partial charge >= 0.3 is 0 Å². The molecule has 1 aromatic rings. The lowest BCUT2D eigenvalue weighted by molar-refractivity contribution is 0.256. The Hall–Kier alpha value is -1.11. The number of hydrogen-bond donors (Lipinski definition) is 1. The number of hydrogen-bond acceptors (Lipinski definition) is 5. The lowest BCUT2D eigenvalue weighted by Crippen LogP contribution is -2.46. The smallest absolute Gasteiger partial charge is 0.175 e. The van der Waals surface area contributed by atoms with E-state index >= 15 is 0 Å². The van der Waals surface area contributed by atoms with Gasteiger partial charge in [0.15, 0.2) is 9.84 Å². The summed E-state index contributed by atoms with van der Waals surface area (Å²) in [5.74, 6) is 0. The van der Waals surface area contributed by atoms with Gasteiger partial charge in [-0.25, -0.2) is 8.42 Å². The third-order valence-corrected chi connectivity index (χ3v) is 4.81. The highest BCUT2D eigenvalue weighted by atomic mass is 32.2. The first kappa shape index (κ1) is 15.3. The quantitative estimate of drug-likeness (QED) is 0.860. The molecule has 0 unspecified atom stereocenters. The second-order valence-corrected chi connectivity index (χ2v) is 7.25. The zero-order valence-electron chi connectivity index (χ0n) is 12.0. The van der Waals surface area contributed by atoms with Crippen molar-refractivity contribution in [2.75, 3.05) is 50.4 Å². The number of sulfone groups is 1. The van der Waals surface area contributed by atoms with Crippen molar-refractivity contribution in [3.63, 3.8) is 0 Å². The summed E-state index contributed by atoms with van der Waals surface area (Å²) in [6.07, 6.45) is 2.28. The molecule has 0 radical (unpaired) electrons. The molecule has 1 heterocycles. The molecule has 20 heavy (non-hydrogen) atoms. The van der Waals surface area contributed by atoms with Crippen LogP contribution in [0.15, 0.2) is 29.2 Å². The van der Waals surface area contributed by atoms with E-state index in [9.17, 15) is 8.42 Å². The van der Waals surface area contributed by atoms with E-state index in [1.165, 1.54) is 6.26 Å². The van der Waals surface area contributed by atoms with Gasteiger partial charge < -0.3 is 10.6 Å². The van der Waals surface area contributed by atoms with Crippen molar-refractivity contribution in [3.8, 4) is 0 Å². The molecule has 0 bridgehead atoms. The first-order valence-corrected chi connectivity index (χ1v) is 8.87. The van der Waals surface area contributed by atoms with Crippen LogP contribution in [-0.2, 0) is 9.84 Å². The highest BCUT2D eigenvalue weighted by molar-refractivity contribution is 7.90. The third-order valence-electron chi connectivity index (χ3n) is 3.68. The fraction of sp³-hybridized carbons (Fsp3) is 0.571. The Balaban J connectivity index is 1.94. The minimum Gasteiger partial charge on any atom is -0.369 e. The van der Waals surface area contributed by atoms with Gasteiger partial charge in [0.05, 0.1) is 4.90 Å². The predicted molar refractivity (Wildman–Crippen MR) is 81.9 cm³/mol. The molecule has 1 aliphatic heterocycles. The van der Waals surface area contributed by atoms with Gasteiger partial charge in [-0.1, -0.05) is 0 Å². The Morgan fingerprint density at radius 1 is 1.10 bits per heavy atom. The molecule has 112 valence electrons. The van der Waals surface area contributed by atoms with Crippen molar-refractivity contribution >= 4 is 15.5 Å². The molecule has 0 saturated carbocycles. The molecule has 6 heteroatoms. The molecule has 0 amide bonds. The van der Waals surface area contributed by atoms with Crippen molar-refractivity contribution in [2.45, 2.75) is 11.3 Å². The van der Waals surface area contributed by atoms with Crippen LogP contribution in [0.2, 0.25) is 0 Å².